The van der Waals surface area contributed by atoms with Gasteiger partial charge in [0.25, 0.3) is 11.8 Å². The molecule has 0 saturated carbocycles. The Morgan fingerprint density at radius 1 is 1.19 bits per heavy atom. The summed E-state index contributed by atoms with van der Waals surface area (Å²) in [6.45, 7) is 13.9. The van der Waals surface area contributed by atoms with E-state index in [1.54, 1.807) is 13.1 Å². The van der Waals surface area contributed by atoms with E-state index in [0.29, 0.717) is 35.5 Å². The Hall–Kier alpha value is -2.91. The number of nitrogens with one attached hydrogen (secondary N) is 2. The molecule has 0 spiro atoms. The average Bonchev–Trinajstić information content (AvgIpc) is 3.12. The Morgan fingerprint density at radius 3 is 2.50 bits per heavy atom. The lowest BCUT2D eigenvalue weighted by Gasteiger charge is -2.46. The molecule has 5 heterocycles. The fraction of sp³-hybridized carbons (Fsp3) is 0.593. The first-order valence-corrected chi connectivity index (χ1v) is 12.7. The van der Waals surface area contributed by atoms with Crippen LogP contribution < -0.4 is 10.6 Å². The number of aromatic nitrogens is 3. The largest absolute Gasteiger partial charge is 0.377 e. The number of dihydropyridines is 1. The number of carbonyl (C=O) groups is 2. The standard InChI is InChI=1S/C27H36N6O3/c1-15-7-16(2)30-25(35)20(15)11-28-24(34)19-8-22(17-9-26(3,4)32-27(5,6)10-17)31-23-21(19)12-29-33(23)18-13-36-14-18/h7-8,12,17-18,20,32H,9-11,13-14H2,1-6H3,(H,28,34). The van der Waals surface area contributed by atoms with Crippen LogP contribution in [0.5, 0.6) is 0 Å². The summed E-state index contributed by atoms with van der Waals surface area (Å²) in [5.74, 6) is -0.705. The summed E-state index contributed by atoms with van der Waals surface area (Å²) in [5, 5.41) is 12.0. The number of pyridine rings is 1. The van der Waals surface area contributed by atoms with Crippen LogP contribution in [0.25, 0.3) is 11.0 Å². The Morgan fingerprint density at radius 2 is 1.89 bits per heavy atom. The molecule has 2 aromatic heterocycles. The lowest BCUT2D eigenvalue weighted by molar-refractivity contribution is -0.120. The molecule has 9 heteroatoms. The first-order chi connectivity index (χ1) is 16.9. The number of hydrogen-bond donors (Lipinski definition) is 2. The third kappa shape index (κ3) is 4.74. The van der Waals surface area contributed by atoms with Gasteiger partial charge in [-0.3, -0.25) is 9.59 Å². The highest BCUT2D eigenvalue weighted by atomic mass is 16.5. The molecule has 36 heavy (non-hydrogen) atoms. The fourth-order valence-corrected chi connectivity index (χ4v) is 6.04. The third-order valence-corrected chi connectivity index (χ3v) is 7.44. The van der Waals surface area contributed by atoms with Gasteiger partial charge in [-0.1, -0.05) is 5.57 Å². The summed E-state index contributed by atoms with van der Waals surface area (Å²) in [5.41, 5.74) is 3.65. The second-order valence-electron chi connectivity index (χ2n) is 11.9. The first-order valence-electron chi connectivity index (χ1n) is 12.7. The minimum absolute atomic E-state index is 0.0581. The van der Waals surface area contributed by atoms with Crippen LogP contribution in [0.4, 0.5) is 0 Å². The molecule has 2 N–H and O–H groups in total. The van der Waals surface area contributed by atoms with Gasteiger partial charge in [0.2, 0.25) is 0 Å². The predicted molar refractivity (Wildman–Crippen MR) is 138 cm³/mol. The van der Waals surface area contributed by atoms with E-state index in [2.05, 4.69) is 48.4 Å². The van der Waals surface area contributed by atoms with Crippen molar-refractivity contribution in [2.24, 2.45) is 10.9 Å². The van der Waals surface area contributed by atoms with E-state index in [-0.39, 0.29) is 41.4 Å². The van der Waals surface area contributed by atoms with E-state index in [9.17, 15) is 9.59 Å². The highest BCUT2D eigenvalue weighted by Crippen LogP contribution is 2.39. The molecule has 0 radical (unpaired) electrons. The minimum atomic E-state index is -0.449. The number of hydrogen-bond acceptors (Lipinski definition) is 6. The first kappa shape index (κ1) is 24.8. The molecular weight excluding hydrogens is 456 g/mol. The monoisotopic (exact) mass is 492 g/mol. The quantitative estimate of drug-likeness (QED) is 0.663. The lowest BCUT2D eigenvalue weighted by atomic mass is 9.74. The minimum Gasteiger partial charge on any atom is -0.377 e. The maximum Gasteiger partial charge on any atom is 0.254 e. The highest BCUT2D eigenvalue weighted by Gasteiger charge is 2.39. The molecule has 3 aliphatic heterocycles. The van der Waals surface area contributed by atoms with Crippen LogP contribution >= 0.6 is 0 Å². The van der Waals surface area contributed by atoms with E-state index < -0.39 is 5.92 Å². The summed E-state index contributed by atoms with van der Waals surface area (Å²) >= 11 is 0. The van der Waals surface area contributed by atoms with Crippen molar-refractivity contribution >= 4 is 28.6 Å². The summed E-state index contributed by atoms with van der Waals surface area (Å²) in [4.78, 5) is 35.1. The van der Waals surface area contributed by atoms with Crippen LogP contribution in [-0.2, 0) is 9.53 Å². The maximum atomic E-state index is 13.6. The summed E-state index contributed by atoms with van der Waals surface area (Å²) in [7, 11) is 0. The molecule has 9 nitrogen and oxygen atoms in total. The van der Waals surface area contributed by atoms with Gasteiger partial charge in [-0.05, 0) is 66.5 Å². The SMILES string of the molecule is CC1=CC(C)=NC(=O)C1CNC(=O)c1cc(C2CC(C)(C)NC(C)(C)C2)nc2c1cnn2C1COC1. The molecule has 2 aromatic rings. The van der Waals surface area contributed by atoms with Crippen LogP contribution in [0.15, 0.2) is 28.9 Å². The van der Waals surface area contributed by atoms with Crippen LogP contribution in [0, 0.1) is 5.92 Å². The van der Waals surface area contributed by atoms with Crippen molar-refractivity contribution < 1.29 is 14.3 Å². The van der Waals surface area contributed by atoms with Gasteiger partial charge in [-0.2, -0.15) is 5.10 Å². The molecule has 2 amide bonds. The zero-order valence-electron chi connectivity index (χ0n) is 22.0. The van der Waals surface area contributed by atoms with Gasteiger partial charge in [0.15, 0.2) is 5.65 Å². The number of ether oxygens (including phenoxy) is 1. The Labute approximate surface area is 211 Å². The molecule has 3 aliphatic rings. The van der Waals surface area contributed by atoms with Crippen LogP contribution in [0.1, 0.15) is 82.4 Å². The molecular formula is C27H36N6O3. The average molecular weight is 493 g/mol. The molecule has 2 fully saturated rings. The highest BCUT2D eigenvalue weighted by molar-refractivity contribution is 6.07. The Kier molecular flexibility index (Phi) is 6.11. The van der Waals surface area contributed by atoms with Gasteiger partial charge in [0.1, 0.15) is 6.04 Å². The smallest absolute Gasteiger partial charge is 0.254 e. The topological polar surface area (TPSA) is 111 Å². The molecule has 0 aliphatic carbocycles. The van der Waals surface area contributed by atoms with Crippen LogP contribution in [0.3, 0.4) is 0 Å². The molecule has 0 bridgehead atoms. The molecule has 2 saturated heterocycles. The van der Waals surface area contributed by atoms with E-state index in [1.807, 2.05) is 23.7 Å². The fourth-order valence-electron chi connectivity index (χ4n) is 6.04. The van der Waals surface area contributed by atoms with E-state index in [0.717, 1.165) is 24.1 Å². The van der Waals surface area contributed by atoms with Crippen molar-refractivity contribution in [1.82, 2.24) is 25.4 Å². The van der Waals surface area contributed by atoms with E-state index >= 15 is 0 Å². The number of nitrogens with zero attached hydrogens (tertiary/aromatic N) is 4. The van der Waals surface area contributed by atoms with Gasteiger partial charge in [0, 0.05) is 34.9 Å². The number of allylic oxidation sites excluding steroid dienone is 1. The molecule has 1 unspecified atom stereocenters. The van der Waals surface area contributed by atoms with Crippen molar-refractivity contribution in [3.63, 3.8) is 0 Å². The van der Waals surface area contributed by atoms with Gasteiger partial charge < -0.3 is 15.4 Å². The van der Waals surface area contributed by atoms with Crippen LogP contribution in [-0.4, -0.2) is 63.1 Å². The van der Waals surface area contributed by atoms with Crippen molar-refractivity contribution in [1.29, 1.82) is 0 Å². The van der Waals surface area contributed by atoms with Crippen molar-refractivity contribution in [3.8, 4) is 0 Å². The van der Waals surface area contributed by atoms with Gasteiger partial charge in [0.05, 0.1) is 36.3 Å². The second-order valence-corrected chi connectivity index (χ2v) is 11.9. The van der Waals surface area contributed by atoms with Gasteiger partial charge >= 0.3 is 0 Å². The Balaban J connectivity index is 1.49. The molecule has 5 rings (SSSR count). The number of aliphatic imine (C=N–C) groups is 1. The van der Waals surface area contributed by atoms with Crippen molar-refractivity contribution in [3.05, 3.63) is 35.2 Å². The lowest BCUT2D eigenvalue weighted by Crippen LogP contribution is -2.57. The number of piperidine rings is 1. The number of carbonyl (C=O) groups excluding carboxylic acids is 2. The normalized spacial score (nSPS) is 24.3. The number of amides is 2. The van der Waals surface area contributed by atoms with Crippen molar-refractivity contribution in [2.45, 2.75) is 77.4 Å². The number of fused-ring (bicyclic) bond motifs is 1. The summed E-state index contributed by atoms with van der Waals surface area (Å²) in [6.07, 6.45) is 5.44. The summed E-state index contributed by atoms with van der Waals surface area (Å²) < 4.78 is 7.29. The van der Waals surface area contributed by atoms with Crippen molar-refractivity contribution in [2.75, 3.05) is 19.8 Å². The molecule has 1 atom stereocenters. The zero-order valence-corrected chi connectivity index (χ0v) is 22.0. The van der Waals surface area contributed by atoms with Crippen LogP contribution in [0.2, 0.25) is 0 Å². The van der Waals surface area contributed by atoms with E-state index in [1.165, 1.54) is 0 Å². The summed E-state index contributed by atoms with van der Waals surface area (Å²) in [6, 6.07) is 2.05. The molecule has 0 aromatic carbocycles. The second kappa shape index (κ2) is 8.88. The number of rotatable bonds is 5. The molecule has 192 valence electrons. The van der Waals surface area contributed by atoms with E-state index in [4.69, 9.17) is 9.72 Å². The maximum absolute atomic E-state index is 13.6. The zero-order chi connectivity index (χ0) is 25.8. The Bertz CT molecular complexity index is 1270. The predicted octanol–water partition coefficient (Wildman–Crippen LogP) is 3.32. The van der Waals surface area contributed by atoms with Gasteiger partial charge in [-0.15, -0.1) is 0 Å². The third-order valence-electron chi connectivity index (χ3n) is 7.44. The van der Waals surface area contributed by atoms with Gasteiger partial charge in [-0.25, -0.2) is 14.7 Å².